The molecule has 1 amide bonds. The molecule has 1 saturated heterocycles. The van der Waals surface area contributed by atoms with Crippen LogP contribution < -0.4 is 16.4 Å². The number of carbonyl (C=O) groups excluding carboxylic acids is 2. The summed E-state index contributed by atoms with van der Waals surface area (Å²) in [4.78, 5) is 38.1. The van der Waals surface area contributed by atoms with Crippen molar-refractivity contribution in [2.75, 3.05) is 22.9 Å². The number of rotatable bonds is 6. The SMILES string of the molecule is CC[C@@H](C)c1ccccc1N1C[C@H](C(=O)OCc2nc(N)nc(N)n2)CC1=O. The van der Waals surface area contributed by atoms with Crippen LogP contribution in [0, 0.1) is 5.92 Å². The number of hydrogen-bond donors (Lipinski definition) is 2. The van der Waals surface area contributed by atoms with Gasteiger partial charge in [0.1, 0.15) is 0 Å². The highest BCUT2D eigenvalue weighted by atomic mass is 16.5. The molecule has 2 aromatic rings. The zero-order valence-electron chi connectivity index (χ0n) is 16.0. The molecule has 3 rings (SSSR count). The van der Waals surface area contributed by atoms with Crippen LogP contribution in [0.25, 0.3) is 0 Å². The van der Waals surface area contributed by atoms with Gasteiger partial charge in [-0.25, -0.2) is 0 Å². The second-order valence-electron chi connectivity index (χ2n) is 6.85. The van der Waals surface area contributed by atoms with Crippen LogP contribution in [-0.4, -0.2) is 33.4 Å². The van der Waals surface area contributed by atoms with Gasteiger partial charge in [0.25, 0.3) is 0 Å². The normalized spacial score (nSPS) is 17.6. The molecule has 9 nitrogen and oxygen atoms in total. The Morgan fingerprint density at radius 3 is 2.61 bits per heavy atom. The third-order valence-electron chi connectivity index (χ3n) is 4.89. The van der Waals surface area contributed by atoms with Crippen LogP contribution in [0.4, 0.5) is 17.6 Å². The lowest BCUT2D eigenvalue weighted by atomic mass is 9.96. The second kappa shape index (κ2) is 8.20. The van der Waals surface area contributed by atoms with E-state index in [-0.39, 0.29) is 43.2 Å². The smallest absolute Gasteiger partial charge is 0.311 e. The molecule has 2 heterocycles. The van der Waals surface area contributed by atoms with Crippen molar-refractivity contribution in [3.05, 3.63) is 35.7 Å². The molecule has 0 bridgehead atoms. The molecule has 1 aromatic heterocycles. The number of esters is 1. The number of carbonyl (C=O) groups is 2. The number of nitrogens with zero attached hydrogens (tertiary/aromatic N) is 4. The average molecular weight is 384 g/mol. The van der Waals surface area contributed by atoms with Crippen molar-refractivity contribution in [2.24, 2.45) is 5.92 Å². The number of para-hydroxylation sites is 1. The van der Waals surface area contributed by atoms with Gasteiger partial charge in [0.2, 0.25) is 17.8 Å². The second-order valence-corrected chi connectivity index (χ2v) is 6.85. The zero-order chi connectivity index (χ0) is 20.3. The quantitative estimate of drug-likeness (QED) is 0.717. The van der Waals surface area contributed by atoms with Crippen molar-refractivity contribution in [1.82, 2.24) is 15.0 Å². The maximum atomic E-state index is 12.6. The molecule has 1 aliphatic rings. The number of amides is 1. The molecule has 1 aromatic carbocycles. The van der Waals surface area contributed by atoms with Gasteiger partial charge >= 0.3 is 5.97 Å². The molecule has 0 spiro atoms. The fourth-order valence-electron chi connectivity index (χ4n) is 3.24. The van der Waals surface area contributed by atoms with E-state index in [1.54, 1.807) is 4.90 Å². The largest absolute Gasteiger partial charge is 0.457 e. The predicted molar refractivity (Wildman–Crippen MR) is 104 cm³/mol. The van der Waals surface area contributed by atoms with Crippen LogP contribution in [0.2, 0.25) is 0 Å². The topological polar surface area (TPSA) is 137 Å². The molecule has 1 aliphatic heterocycles. The fraction of sp³-hybridized carbons (Fsp3) is 0.421. The monoisotopic (exact) mass is 384 g/mol. The highest BCUT2D eigenvalue weighted by Gasteiger charge is 2.37. The summed E-state index contributed by atoms with van der Waals surface area (Å²) in [5.74, 6) is -0.712. The van der Waals surface area contributed by atoms with E-state index in [1.807, 2.05) is 24.3 Å². The summed E-state index contributed by atoms with van der Waals surface area (Å²) in [6.45, 7) is 4.34. The van der Waals surface area contributed by atoms with Crippen molar-refractivity contribution < 1.29 is 14.3 Å². The standard InChI is InChI=1S/C19H24N6O3/c1-3-11(2)13-6-4-5-7-14(13)25-9-12(8-16(25)26)17(27)28-10-15-22-18(20)24-19(21)23-15/h4-7,11-12H,3,8-10H2,1-2H3,(H4,20,21,22,23,24)/t11-,12-/m1/s1. The maximum Gasteiger partial charge on any atom is 0.311 e. The highest BCUT2D eigenvalue weighted by Crippen LogP contribution is 2.33. The van der Waals surface area contributed by atoms with E-state index in [0.717, 1.165) is 17.7 Å². The summed E-state index contributed by atoms with van der Waals surface area (Å²) in [6, 6.07) is 7.81. The van der Waals surface area contributed by atoms with Crippen molar-refractivity contribution in [1.29, 1.82) is 0 Å². The molecule has 0 unspecified atom stereocenters. The number of anilines is 3. The third kappa shape index (κ3) is 4.19. The summed E-state index contributed by atoms with van der Waals surface area (Å²) in [5.41, 5.74) is 13.0. The lowest BCUT2D eigenvalue weighted by molar-refractivity contribution is -0.149. The van der Waals surface area contributed by atoms with E-state index in [4.69, 9.17) is 16.2 Å². The van der Waals surface area contributed by atoms with E-state index < -0.39 is 11.9 Å². The van der Waals surface area contributed by atoms with Crippen molar-refractivity contribution in [3.63, 3.8) is 0 Å². The Labute approximate surface area is 163 Å². The predicted octanol–water partition coefficient (Wildman–Crippen LogP) is 1.65. The van der Waals surface area contributed by atoms with Crippen LogP contribution in [0.3, 0.4) is 0 Å². The minimum absolute atomic E-state index is 0.0394. The first-order chi connectivity index (χ1) is 13.4. The minimum atomic E-state index is -0.547. The van der Waals surface area contributed by atoms with Gasteiger partial charge < -0.3 is 21.1 Å². The van der Waals surface area contributed by atoms with Gasteiger partial charge in [-0.05, 0) is 24.0 Å². The van der Waals surface area contributed by atoms with Gasteiger partial charge in [-0.2, -0.15) is 15.0 Å². The number of benzene rings is 1. The van der Waals surface area contributed by atoms with Crippen LogP contribution in [0.1, 0.15) is 44.0 Å². The molecule has 0 aliphatic carbocycles. The van der Waals surface area contributed by atoms with Gasteiger partial charge in [-0.3, -0.25) is 9.59 Å². The Morgan fingerprint density at radius 1 is 1.25 bits per heavy atom. The molecule has 9 heteroatoms. The first-order valence-electron chi connectivity index (χ1n) is 9.20. The molecule has 28 heavy (non-hydrogen) atoms. The first kappa shape index (κ1) is 19.5. The van der Waals surface area contributed by atoms with Crippen molar-refractivity contribution >= 4 is 29.5 Å². The van der Waals surface area contributed by atoms with Gasteiger partial charge in [0.05, 0.1) is 5.92 Å². The molecule has 2 atom stereocenters. The number of nitrogens with two attached hydrogens (primary N) is 2. The van der Waals surface area contributed by atoms with Gasteiger partial charge in [-0.15, -0.1) is 0 Å². The van der Waals surface area contributed by atoms with Crippen LogP contribution in [0.15, 0.2) is 24.3 Å². The maximum absolute atomic E-state index is 12.6. The van der Waals surface area contributed by atoms with Crippen LogP contribution in [-0.2, 0) is 20.9 Å². The molecule has 148 valence electrons. The molecule has 4 N–H and O–H groups in total. The summed E-state index contributed by atoms with van der Waals surface area (Å²) in [5, 5.41) is 0. The third-order valence-corrected chi connectivity index (χ3v) is 4.89. The zero-order valence-corrected chi connectivity index (χ0v) is 16.0. The van der Waals surface area contributed by atoms with E-state index in [9.17, 15) is 9.59 Å². The number of hydrogen-bond acceptors (Lipinski definition) is 8. The first-order valence-corrected chi connectivity index (χ1v) is 9.20. The Morgan fingerprint density at radius 2 is 1.93 bits per heavy atom. The van der Waals surface area contributed by atoms with Crippen molar-refractivity contribution in [2.45, 2.75) is 39.2 Å². The minimum Gasteiger partial charge on any atom is -0.457 e. The number of ether oxygens (including phenoxy) is 1. The Bertz CT molecular complexity index is 867. The lowest BCUT2D eigenvalue weighted by Gasteiger charge is -2.23. The summed E-state index contributed by atoms with van der Waals surface area (Å²) >= 11 is 0. The molecule has 0 radical (unpaired) electrons. The van der Waals surface area contributed by atoms with E-state index >= 15 is 0 Å². The van der Waals surface area contributed by atoms with E-state index in [1.165, 1.54) is 0 Å². The molecular weight excluding hydrogens is 360 g/mol. The van der Waals surface area contributed by atoms with E-state index in [0.29, 0.717) is 5.92 Å². The highest BCUT2D eigenvalue weighted by molar-refractivity contribution is 6.00. The molecule has 1 fully saturated rings. The van der Waals surface area contributed by atoms with Crippen LogP contribution >= 0.6 is 0 Å². The van der Waals surface area contributed by atoms with Crippen molar-refractivity contribution in [3.8, 4) is 0 Å². The van der Waals surface area contributed by atoms with Gasteiger partial charge in [-0.1, -0.05) is 32.0 Å². The van der Waals surface area contributed by atoms with Crippen LogP contribution in [0.5, 0.6) is 0 Å². The molecular formula is C19H24N6O3. The fourth-order valence-corrected chi connectivity index (χ4v) is 3.24. The van der Waals surface area contributed by atoms with Gasteiger partial charge in [0.15, 0.2) is 12.4 Å². The Kier molecular flexibility index (Phi) is 5.72. The Balaban J connectivity index is 1.68. The molecule has 0 saturated carbocycles. The van der Waals surface area contributed by atoms with Gasteiger partial charge in [0, 0.05) is 18.7 Å². The summed E-state index contributed by atoms with van der Waals surface area (Å²) in [6.07, 6.45) is 1.07. The Hall–Kier alpha value is -3.23. The number of aromatic nitrogens is 3. The average Bonchev–Trinajstić information content (AvgIpc) is 3.06. The van der Waals surface area contributed by atoms with E-state index in [2.05, 4.69) is 28.8 Å². The summed E-state index contributed by atoms with van der Waals surface area (Å²) in [7, 11) is 0. The summed E-state index contributed by atoms with van der Waals surface area (Å²) < 4.78 is 5.27. The lowest BCUT2D eigenvalue weighted by Crippen LogP contribution is -2.27. The number of nitrogen functional groups attached to an aromatic ring is 2.